The smallest absolute Gasteiger partial charge is 0.328 e. The summed E-state index contributed by atoms with van der Waals surface area (Å²) in [5.41, 5.74) is 3.17. The molecule has 9 heteroatoms. The van der Waals surface area contributed by atoms with Gasteiger partial charge in [0, 0.05) is 11.6 Å². The first-order chi connectivity index (χ1) is 15.6. The van der Waals surface area contributed by atoms with Crippen molar-refractivity contribution in [2.24, 2.45) is 0 Å². The monoisotopic (exact) mass is 472 g/mol. The van der Waals surface area contributed by atoms with Gasteiger partial charge in [-0.05, 0) is 65.0 Å². The van der Waals surface area contributed by atoms with Crippen LogP contribution in [0.5, 0.6) is 5.75 Å². The SMILES string of the molecule is CCOc1cc2nc(Cc3nn(CC(=O)OC(C)(C)C)c(=O)c4c3CCCC4)[nH]c2cc1Cl. The van der Waals surface area contributed by atoms with E-state index in [9.17, 15) is 9.59 Å². The maximum absolute atomic E-state index is 13.0. The van der Waals surface area contributed by atoms with Crippen LogP contribution in [0.1, 0.15) is 63.2 Å². The van der Waals surface area contributed by atoms with E-state index < -0.39 is 11.6 Å². The average Bonchev–Trinajstić information content (AvgIpc) is 3.11. The van der Waals surface area contributed by atoms with Gasteiger partial charge in [0.15, 0.2) is 0 Å². The number of imidazole rings is 1. The highest BCUT2D eigenvalue weighted by molar-refractivity contribution is 6.32. The Morgan fingerprint density at radius 1 is 1.21 bits per heavy atom. The lowest BCUT2D eigenvalue weighted by Crippen LogP contribution is -2.35. The van der Waals surface area contributed by atoms with Crippen LogP contribution in [0.3, 0.4) is 0 Å². The number of nitrogens with one attached hydrogen (secondary N) is 1. The minimum absolute atomic E-state index is 0.211. The Kier molecular flexibility index (Phi) is 6.47. The molecule has 1 aliphatic carbocycles. The largest absolute Gasteiger partial charge is 0.492 e. The predicted octanol–water partition coefficient (Wildman–Crippen LogP) is 3.98. The Morgan fingerprint density at radius 2 is 1.94 bits per heavy atom. The Morgan fingerprint density at radius 3 is 2.64 bits per heavy atom. The van der Waals surface area contributed by atoms with Crippen LogP contribution in [-0.4, -0.2) is 37.9 Å². The Bertz CT molecular complexity index is 1260. The van der Waals surface area contributed by atoms with E-state index in [0.29, 0.717) is 36.0 Å². The van der Waals surface area contributed by atoms with E-state index in [-0.39, 0.29) is 12.1 Å². The third-order valence-corrected chi connectivity index (χ3v) is 5.76. The molecule has 0 aliphatic heterocycles. The molecule has 1 N–H and O–H groups in total. The zero-order valence-corrected chi connectivity index (χ0v) is 20.2. The minimum atomic E-state index is -0.631. The highest BCUT2D eigenvalue weighted by Crippen LogP contribution is 2.30. The van der Waals surface area contributed by atoms with Gasteiger partial charge in [0.1, 0.15) is 23.7 Å². The molecule has 0 saturated carbocycles. The quantitative estimate of drug-likeness (QED) is 0.545. The van der Waals surface area contributed by atoms with Crippen molar-refractivity contribution in [2.45, 2.75) is 71.9 Å². The molecule has 0 atom stereocenters. The fourth-order valence-corrected chi connectivity index (χ4v) is 4.40. The van der Waals surface area contributed by atoms with Crippen molar-refractivity contribution in [1.29, 1.82) is 0 Å². The van der Waals surface area contributed by atoms with Crippen LogP contribution < -0.4 is 10.3 Å². The highest BCUT2D eigenvalue weighted by Gasteiger charge is 2.24. The second-order valence-electron chi connectivity index (χ2n) is 9.25. The Balaban J connectivity index is 1.69. The van der Waals surface area contributed by atoms with E-state index in [1.54, 1.807) is 26.8 Å². The number of H-pyrrole nitrogens is 1. The number of nitrogens with zero attached hydrogens (tertiary/aromatic N) is 3. The summed E-state index contributed by atoms with van der Waals surface area (Å²) in [6.45, 7) is 7.58. The molecule has 4 rings (SSSR count). The summed E-state index contributed by atoms with van der Waals surface area (Å²) >= 11 is 6.31. The first-order valence-corrected chi connectivity index (χ1v) is 11.7. The van der Waals surface area contributed by atoms with Gasteiger partial charge in [0.2, 0.25) is 0 Å². The van der Waals surface area contributed by atoms with Gasteiger partial charge in [0.25, 0.3) is 5.56 Å². The molecule has 1 aliphatic rings. The van der Waals surface area contributed by atoms with Crippen LogP contribution in [0.15, 0.2) is 16.9 Å². The minimum Gasteiger partial charge on any atom is -0.492 e. The molecular formula is C24H29ClN4O4. The number of hydrogen-bond acceptors (Lipinski definition) is 6. The molecule has 0 saturated heterocycles. The lowest BCUT2D eigenvalue weighted by molar-refractivity contribution is -0.155. The third-order valence-electron chi connectivity index (χ3n) is 5.47. The van der Waals surface area contributed by atoms with Crippen molar-refractivity contribution in [3.63, 3.8) is 0 Å². The number of aromatic amines is 1. The lowest BCUT2D eigenvalue weighted by Gasteiger charge is -2.22. The number of esters is 1. The Labute approximate surface area is 197 Å². The number of carbonyl (C=O) groups is 1. The number of ether oxygens (including phenoxy) is 2. The molecule has 0 amide bonds. The first kappa shape index (κ1) is 23.3. The summed E-state index contributed by atoms with van der Waals surface area (Å²) in [7, 11) is 0. The molecule has 33 heavy (non-hydrogen) atoms. The molecule has 176 valence electrons. The van der Waals surface area contributed by atoms with Crippen LogP contribution in [0, 0.1) is 0 Å². The van der Waals surface area contributed by atoms with Crippen molar-refractivity contribution in [2.75, 3.05) is 6.61 Å². The highest BCUT2D eigenvalue weighted by atomic mass is 35.5. The second-order valence-corrected chi connectivity index (χ2v) is 9.66. The number of benzene rings is 1. The van der Waals surface area contributed by atoms with Gasteiger partial charge in [-0.25, -0.2) is 9.67 Å². The van der Waals surface area contributed by atoms with Gasteiger partial charge in [-0.1, -0.05) is 11.6 Å². The number of fused-ring (bicyclic) bond motifs is 2. The maximum Gasteiger partial charge on any atom is 0.328 e. The topological polar surface area (TPSA) is 99.1 Å². The standard InChI is InChI=1S/C24H29ClN4O4/c1-5-32-20-11-19-18(10-16(20)25)26-21(27-19)12-17-14-8-6-7-9-15(14)23(31)29(28-17)13-22(30)33-24(2,3)4/h10-11H,5-9,12-13H2,1-4H3,(H,26,27). The van der Waals surface area contributed by atoms with Crippen LogP contribution >= 0.6 is 11.6 Å². The molecule has 0 fully saturated rings. The Hall–Kier alpha value is -2.87. The van der Waals surface area contributed by atoms with E-state index in [0.717, 1.165) is 47.1 Å². The first-order valence-electron chi connectivity index (χ1n) is 11.3. The van der Waals surface area contributed by atoms with Crippen LogP contribution in [-0.2, 0) is 35.3 Å². The van der Waals surface area contributed by atoms with Crippen molar-refractivity contribution >= 4 is 28.6 Å². The zero-order valence-electron chi connectivity index (χ0n) is 19.5. The van der Waals surface area contributed by atoms with E-state index in [4.69, 9.17) is 21.1 Å². The normalized spacial score (nSPS) is 13.7. The van der Waals surface area contributed by atoms with E-state index in [1.165, 1.54) is 4.68 Å². The van der Waals surface area contributed by atoms with Crippen LogP contribution in [0.25, 0.3) is 11.0 Å². The number of halogens is 1. The summed E-state index contributed by atoms with van der Waals surface area (Å²) in [5.74, 6) is 0.809. The molecular weight excluding hydrogens is 444 g/mol. The number of rotatable bonds is 6. The molecule has 0 bridgehead atoms. The van der Waals surface area contributed by atoms with Gasteiger partial charge < -0.3 is 14.5 Å². The van der Waals surface area contributed by atoms with Crippen molar-refractivity contribution in [3.05, 3.63) is 50.2 Å². The molecule has 0 unspecified atom stereocenters. The summed E-state index contributed by atoms with van der Waals surface area (Å²) in [5, 5.41) is 5.09. The predicted molar refractivity (Wildman–Crippen MR) is 126 cm³/mol. The fourth-order valence-electron chi connectivity index (χ4n) is 4.18. The maximum atomic E-state index is 13.0. The van der Waals surface area contributed by atoms with Crippen LogP contribution in [0.2, 0.25) is 5.02 Å². The fraction of sp³-hybridized carbons (Fsp3) is 0.500. The molecule has 1 aromatic carbocycles. The van der Waals surface area contributed by atoms with E-state index in [1.807, 2.05) is 13.0 Å². The molecule has 2 aromatic heterocycles. The van der Waals surface area contributed by atoms with Gasteiger partial charge in [-0.2, -0.15) is 5.10 Å². The van der Waals surface area contributed by atoms with Crippen molar-refractivity contribution in [3.8, 4) is 5.75 Å². The molecule has 0 spiro atoms. The van der Waals surface area contributed by atoms with Crippen molar-refractivity contribution in [1.82, 2.24) is 19.7 Å². The summed E-state index contributed by atoms with van der Waals surface area (Å²) in [4.78, 5) is 33.4. The van der Waals surface area contributed by atoms with E-state index >= 15 is 0 Å². The van der Waals surface area contributed by atoms with E-state index in [2.05, 4.69) is 15.1 Å². The summed E-state index contributed by atoms with van der Waals surface area (Å²) in [6.07, 6.45) is 3.84. The van der Waals surface area contributed by atoms with Gasteiger partial charge in [-0.3, -0.25) is 9.59 Å². The number of hydrogen-bond donors (Lipinski definition) is 1. The van der Waals surface area contributed by atoms with Gasteiger partial charge in [-0.15, -0.1) is 0 Å². The summed E-state index contributed by atoms with van der Waals surface area (Å²) < 4.78 is 12.2. The molecule has 0 radical (unpaired) electrons. The third kappa shape index (κ3) is 5.21. The average molecular weight is 473 g/mol. The molecule has 2 heterocycles. The lowest BCUT2D eigenvalue weighted by atomic mass is 9.91. The zero-order chi connectivity index (χ0) is 23.8. The number of carbonyl (C=O) groups excluding carboxylic acids is 1. The van der Waals surface area contributed by atoms with Gasteiger partial charge in [0.05, 0.1) is 34.8 Å². The second kappa shape index (κ2) is 9.17. The van der Waals surface area contributed by atoms with Gasteiger partial charge >= 0.3 is 5.97 Å². The van der Waals surface area contributed by atoms with Crippen molar-refractivity contribution < 1.29 is 14.3 Å². The molecule has 8 nitrogen and oxygen atoms in total. The number of aromatic nitrogens is 4. The summed E-state index contributed by atoms with van der Waals surface area (Å²) in [6, 6.07) is 3.61. The molecule has 3 aromatic rings. The van der Waals surface area contributed by atoms with Crippen LogP contribution in [0.4, 0.5) is 0 Å².